The molecule has 1 aromatic carbocycles. The quantitative estimate of drug-likeness (QED) is 0.509. The van der Waals surface area contributed by atoms with Crippen molar-refractivity contribution in [2.45, 2.75) is 44.2 Å². The Bertz CT molecular complexity index is 842. The van der Waals surface area contributed by atoms with Crippen LogP contribution < -0.4 is 0 Å². The third kappa shape index (κ3) is 3.41. The third-order valence-corrected chi connectivity index (χ3v) is 5.48. The Balaban J connectivity index is 1.47. The number of benzene rings is 1. The molecule has 1 N–H and O–H groups in total. The zero-order valence-corrected chi connectivity index (χ0v) is 15.1. The van der Waals surface area contributed by atoms with Crippen molar-refractivity contribution < 1.29 is 19.2 Å². The van der Waals surface area contributed by atoms with E-state index in [1.807, 2.05) is 30.3 Å². The first kappa shape index (κ1) is 17.6. The zero-order chi connectivity index (χ0) is 18.8. The van der Waals surface area contributed by atoms with Crippen LogP contribution >= 0.6 is 0 Å². The summed E-state index contributed by atoms with van der Waals surface area (Å²) in [5.41, 5.74) is 0.762. The van der Waals surface area contributed by atoms with Gasteiger partial charge in [-0.2, -0.15) is 0 Å². The first-order valence-electron chi connectivity index (χ1n) is 9.42. The highest BCUT2D eigenvalue weighted by Crippen LogP contribution is 2.26. The highest BCUT2D eigenvalue weighted by Gasteiger charge is 2.39. The SMILES string of the molecule is O=C([C@@H]1CCCN1C(=O)Cc1cc2ccccc2o1)N1CCC[C@H]1C=NO. The number of carbonyl (C=O) groups excluding carboxylic acids is 2. The molecule has 4 rings (SSSR count). The predicted octanol–water partition coefficient (Wildman–Crippen LogP) is 2.42. The van der Waals surface area contributed by atoms with Crippen LogP contribution in [0.25, 0.3) is 11.0 Å². The second-order valence-corrected chi connectivity index (χ2v) is 7.18. The number of para-hydroxylation sites is 1. The zero-order valence-electron chi connectivity index (χ0n) is 15.1. The number of amides is 2. The first-order chi connectivity index (χ1) is 13.2. The molecule has 0 spiro atoms. The number of hydrogen-bond acceptors (Lipinski definition) is 5. The lowest BCUT2D eigenvalue weighted by molar-refractivity contribution is -0.143. The predicted molar refractivity (Wildman–Crippen MR) is 99.7 cm³/mol. The molecule has 2 aliphatic heterocycles. The number of hydrogen-bond donors (Lipinski definition) is 1. The van der Waals surface area contributed by atoms with Crippen LogP contribution in [0.1, 0.15) is 31.4 Å². The lowest BCUT2D eigenvalue weighted by Gasteiger charge is -2.30. The van der Waals surface area contributed by atoms with Gasteiger partial charge in [0.15, 0.2) is 0 Å². The topological polar surface area (TPSA) is 86.4 Å². The number of fused-ring (bicyclic) bond motifs is 1. The summed E-state index contributed by atoms with van der Waals surface area (Å²) < 4.78 is 5.75. The standard InChI is InChI=1S/C20H23N3O4/c24-19(12-16-11-14-5-1-2-8-18(14)27-16)23-10-4-7-17(23)20(25)22-9-3-6-15(22)13-21-26/h1-2,5,8,11,13,15,17,26H,3-4,6-7,9-10,12H2/t15-,17-/m0/s1. The van der Waals surface area contributed by atoms with Crippen molar-refractivity contribution in [2.75, 3.05) is 13.1 Å². The Morgan fingerprint density at radius 2 is 1.96 bits per heavy atom. The summed E-state index contributed by atoms with van der Waals surface area (Å²) in [6.45, 7) is 1.22. The van der Waals surface area contributed by atoms with E-state index in [4.69, 9.17) is 9.62 Å². The molecule has 3 heterocycles. The van der Waals surface area contributed by atoms with Crippen molar-refractivity contribution in [1.82, 2.24) is 9.80 Å². The van der Waals surface area contributed by atoms with E-state index in [1.54, 1.807) is 9.80 Å². The number of furan rings is 1. The Morgan fingerprint density at radius 3 is 2.78 bits per heavy atom. The Morgan fingerprint density at radius 1 is 1.19 bits per heavy atom. The van der Waals surface area contributed by atoms with Crippen LogP contribution in [0.4, 0.5) is 0 Å². The summed E-state index contributed by atoms with van der Waals surface area (Å²) in [5.74, 6) is 0.482. The summed E-state index contributed by atoms with van der Waals surface area (Å²) in [5, 5.41) is 12.9. The van der Waals surface area contributed by atoms with Crippen molar-refractivity contribution in [1.29, 1.82) is 0 Å². The Labute approximate surface area is 157 Å². The third-order valence-electron chi connectivity index (χ3n) is 5.48. The van der Waals surface area contributed by atoms with E-state index in [2.05, 4.69) is 5.16 Å². The molecule has 0 saturated carbocycles. The van der Waals surface area contributed by atoms with E-state index < -0.39 is 6.04 Å². The van der Waals surface area contributed by atoms with Crippen LogP contribution in [0.15, 0.2) is 39.9 Å². The van der Waals surface area contributed by atoms with Crippen LogP contribution in [0, 0.1) is 0 Å². The number of likely N-dealkylation sites (tertiary alicyclic amines) is 2. The molecule has 2 aliphatic rings. The minimum absolute atomic E-state index is 0.0483. The molecule has 1 aromatic heterocycles. The van der Waals surface area contributed by atoms with E-state index in [9.17, 15) is 9.59 Å². The van der Waals surface area contributed by atoms with Gasteiger partial charge >= 0.3 is 0 Å². The Hall–Kier alpha value is -2.83. The molecular formula is C20H23N3O4. The summed E-state index contributed by atoms with van der Waals surface area (Å²) in [7, 11) is 0. The van der Waals surface area contributed by atoms with Crippen LogP contribution in [-0.4, -0.2) is 58.2 Å². The number of nitrogens with zero attached hydrogens (tertiary/aromatic N) is 3. The molecule has 2 aromatic rings. The second kappa shape index (κ2) is 7.42. The van der Waals surface area contributed by atoms with Gasteiger partial charge in [-0.15, -0.1) is 0 Å². The molecule has 2 atom stereocenters. The van der Waals surface area contributed by atoms with Gasteiger partial charge in [0.1, 0.15) is 17.4 Å². The molecule has 0 bridgehead atoms. The highest BCUT2D eigenvalue weighted by molar-refractivity contribution is 5.91. The van der Waals surface area contributed by atoms with E-state index in [0.29, 0.717) is 25.3 Å². The van der Waals surface area contributed by atoms with E-state index in [1.165, 1.54) is 6.21 Å². The molecule has 27 heavy (non-hydrogen) atoms. The second-order valence-electron chi connectivity index (χ2n) is 7.18. The van der Waals surface area contributed by atoms with Gasteiger partial charge in [-0.1, -0.05) is 23.4 Å². The summed E-state index contributed by atoms with van der Waals surface area (Å²) in [6.07, 6.45) is 4.71. The molecule has 0 unspecified atom stereocenters. The van der Waals surface area contributed by atoms with Crippen molar-refractivity contribution in [3.05, 3.63) is 36.1 Å². The minimum Gasteiger partial charge on any atom is -0.461 e. The van der Waals surface area contributed by atoms with Gasteiger partial charge in [0, 0.05) is 18.5 Å². The number of carbonyl (C=O) groups is 2. The van der Waals surface area contributed by atoms with Gasteiger partial charge in [-0.3, -0.25) is 9.59 Å². The number of rotatable bonds is 4. The van der Waals surface area contributed by atoms with Crippen LogP contribution in [0.2, 0.25) is 0 Å². The first-order valence-corrected chi connectivity index (χ1v) is 9.42. The van der Waals surface area contributed by atoms with Crippen molar-refractivity contribution in [3.8, 4) is 0 Å². The lowest BCUT2D eigenvalue weighted by atomic mass is 10.1. The molecule has 2 saturated heterocycles. The maximum atomic E-state index is 13.0. The van der Waals surface area contributed by atoms with Crippen LogP contribution in [-0.2, 0) is 16.0 Å². The number of oxime groups is 1. The monoisotopic (exact) mass is 369 g/mol. The normalized spacial score (nSPS) is 23.0. The average molecular weight is 369 g/mol. The Kier molecular flexibility index (Phi) is 4.83. The van der Waals surface area contributed by atoms with Gasteiger partial charge in [0.05, 0.1) is 18.7 Å². The molecule has 2 amide bonds. The van der Waals surface area contributed by atoms with Crippen molar-refractivity contribution in [3.63, 3.8) is 0 Å². The van der Waals surface area contributed by atoms with Gasteiger partial charge < -0.3 is 19.4 Å². The van der Waals surface area contributed by atoms with Crippen LogP contribution in [0.5, 0.6) is 0 Å². The fraction of sp³-hybridized carbons (Fsp3) is 0.450. The van der Waals surface area contributed by atoms with Gasteiger partial charge in [-0.05, 0) is 37.8 Å². The lowest BCUT2D eigenvalue weighted by Crippen LogP contribution is -2.49. The maximum absolute atomic E-state index is 13.0. The van der Waals surface area contributed by atoms with Gasteiger partial charge in [-0.25, -0.2) is 0 Å². The molecule has 7 nitrogen and oxygen atoms in total. The smallest absolute Gasteiger partial charge is 0.245 e. The van der Waals surface area contributed by atoms with Crippen molar-refractivity contribution in [2.24, 2.45) is 5.16 Å². The van der Waals surface area contributed by atoms with E-state index in [0.717, 1.165) is 30.2 Å². The summed E-state index contributed by atoms with van der Waals surface area (Å²) >= 11 is 0. The fourth-order valence-corrected chi connectivity index (χ4v) is 4.19. The van der Waals surface area contributed by atoms with E-state index in [-0.39, 0.29) is 24.3 Å². The molecule has 142 valence electrons. The van der Waals surface area contributed by atoms with E-state index >= 15 is 0 Å². The van der Waals surface area contributed by atoms with Gasteiger partial charge in [0.25, 0.3) is 0 Å². The fourth-order valence-electron chi connectivity index (χ4n) is 4.19. The maximum Gasteiger partial charge on any atom is 0.245 e. The summed E-state index contributed by atoms with van der Waals surface area (Å²) in [6, 6.07) is 8.92. The minimum atomic E-state index is -0.436. The van der Waals surface area contributed by atoms with Crippen molar-refractivity contribution >= 4 is 29.0 Å². The molecular weight excluding hydrogens is 346 g/mol. The largest absolute Gasteiger partial charge is 0.461 e. The molecule has 0 aliphatic carbocycles. The van der Waals surface area contributed by atoms with Crippen LogP contribution in [0.3, 0.4) is 0 Å². The molecule has 7 heteroatoms. The summed E-state index contributed by atoms with van der Waals surface area (Å²) in [4.78, 5) is 29.3. The molecule has 0 radical (unpaired) electrons. The average Bonchev–Trinajstić information content (AvgIpc) is 3.40. The highest BCUT2D eigenvalue weighted by atomic mass is 16.4. The molecule has 2 fully saturated rings. The van der Waals surface area contributed by atoms with Gasteiger partial charge in [0.2, 0.25) is 11.8 Å².